The van der Waals surface area contributed by atoms with Gasteiger partial charge in [0.25, 0.3) is 5.56 Å². The third-order valence-electron chi connectivity index (χ3n) is 4.44. The van der Waals surface area contributed by atoms with Crippen LogP contribution in [0.4, 0.5) is 0 Å². The molecule has 0 unspecified atom stereocenters. The Kier molecular flexibility index (Phi) is 4.29. The van der Waals surface area contributed by atoms with Crippen molar-refractivity contribution in [3.63, 3.8) is 0 Å². The maximum absolute atomic E-state index is 12.0. The summed E-state index contributed by atoms with van der Waals surface area (Å²) in [6.07, 6.45) is 4.54. The van der Waals surface area contributed by atoms with E-state index >= 15 is 0 Å². The number of hydrogen-bond acceptors (Lipinski definition) is 4. The van der Waals surface area contributed by atoms with Gasteiger partial charge in [0.05, 0.1) is 11.1 Å². The van der Waals surface area contributed by atoms with Crippen LogP contribution < -0.4 is 11.3 Å². The SMILES string of the molecule is NCc1n[nH]c(=O)c2ccc(-c3cncc(Cc4ccccc4)c3)cc12. The average molecular weight is 342 g/mol. The first-order valence-electron chi connectivity index (χ1n) is 8.44. The van der Waals surface area contributed by atoms with Crippen LogP contribution in [0.15, 0.2) is 71.8 Å². The Morgan fingerprint density at radius 2 is 1.73 bits per heavy atom. The fourth-order valence-electron chi connectivity index (χ4n) is 3.13. The van der Waals surface area contributed by atoms with E-state index < -0.39 is 0 Å². The first kappa shape index (κ1) is 16.2. The summed E-state index contributed by atoms with van der Waals surface area (Å²) in [6.45, 7) is 0.267. The predicted octanol–water partition coefficient (Wildman–Crippen LogP) is 3.03. The van der Waals surface area contributed by atoms with Gasteiger partial charge in [0.2, 0.25) is 0 Å². The summed E-state index contributed by atoms with van der Waals surface area (Å²) < 4.78 is 0. The molecule has 5 nitrogen and oxygen atoms in total. The van der Waals surface area contributed by atoms with E-state index in [0.717, 1.165) is 28.5 Å². The molecule has 0 aliphatic carbocycles. The van der Waals surface area contributed by atoms with Gasteiger partial charge in [0.15, 0.2) is 0 Å². The minimum Gasteiger partial charge on any atom is -0.325 e. The molecule has 0 bridgehead atoms. The van der Waals surface area contributed by atoms with Gasteiger partial charge < -0.3 is 5.73 Å². The lowest BCUT2D eigenvalue weighted by Crippen LogP contribution is -2.13. The molecule has 2 aromatic heterocycles. The van der Waals surface area contributed by atoms with Crippen molar-refractivity contribution in [2.24, 2.45) is 5.73 Å². The van der Waals surface area contributed by atoms with Gasteiger partial charge in [-0.3, -0.25) is 9.78 Å². The highest BCUT2D eigenvalue weighted by molar-refractivity contribution is 5.88. The molecule has 0 fully saturated rings. The molecule has 0 saturated heterocycles. The highest BCUT2D eigenvalue weighted by Crippen LogP contribution is 2.25. The van der Waals surface area contributed by atoms with Crippen LogP contribution in [-0.4, -0.2) is 15.2 Å². The quantitative estimate of drug-likeness (QED) is 0.597. The van der Waals surface area contributed by atoms with Crippen molar-refractivity contribution >= 4 is 10.8 Å². The third kappa shape index (κ3) is 3.12. The monoisotopic (exact) mass is 342 g/mol. The number of aromatic nitrogens is 3. The number of rotatable bonds is 4. The van der Waals surface area contributed by atoms with Crippen LogP contribution in [0.3, 0.4) is 0 Å². The minimum atomic E-state index is -0.209. The molecule has 0 aliphatic rings. The van der Waals surface area contributed by atoms with Crippen molar-refractivity contribution in [3.8, 4) is 11.1 Å². The number of pyridine rings is 1. The van der Waals surface area contributed by atoms with Crippen molar-refractivity contribution < 1.29 is 0 Å². The van der Waals surface area contributed by atoms with Crippen molar-refractivity contribution in [2.45, 2.75) is 13.0 Å². The van der Waals surface area contributed by atoms with Crippen molar-refractivity contribution in [1.29, 1.82) is 0 Å². The molecule has 2 heterocycles. The van der Waals surface area contributed by atoms with E-state index in [4.69, 9.17) is 5.73 Å². The number of H-pyrrole nitrogens is 1. The van der Waals surface area contributed by atoms with E-state index in [-0.39, 0.29) is 12.1 Å². The minimum absolute atomic E-state index is 0.209. The molecule has 0 spiro atoms. The molecule has 0 saturated carbocycles. The second-order valence-corrected chi connectivity index (χ2v) is 6.21. The van der Waals surface area contributed by atoms with Gasteiger partial charge in [0.1, 0.15) is 0 Å². The molecule has 0 amide bonds. The lowest BCUT2D eigenvalue weighted by atomic mass is 9.99. The van der Waals surface area contributed by atoms with Crippen LogP contribution in [0.1, 0.15) is 16.8 Å². The number of fused-ring (bicyclic) bond motifs is 1. The Bertz CT molecular complexity index is 1120. The molecule has 128 valence electrons. The summed E-state index contributed by atoms with van der Waals surface area (Å²) >= 11 is 0. The Morgan fingerprint density at radius 1 is 0.885 bits per heavy atom. The normalized spacial score (nSPS) is 11.0. The molecule has 0 aliphatic heterocycles. The van der Waals surface area contributed by atoms with E-state index in [1.54, 1.807) is 0 Å². The zero-order valence-corrected chi connectivity index (χ0v) is 14.1. The van der Waals surface area contributed by atoms with Crippen LogP contribution in [0.25, 0.3) is 21.9 Å². The molecule has 4 aromatic rings. The van der Waals surface area contributed by atoms with Gasteiger partial charge in [-0.05, 0) is 41.3 Å². The molecule has 5 heteroatoms. The maximum Gasteiger partial charge on any atom is 0.272 e. The van der Waals surface area contributed by atoms with Crippen molar-refractivity contribution in [3.05, 3.63) is 94.2 Å². The lowest BCUT2D eigenvalue weighted by molar-refractivity contribution is 0.900. The lowest BCUT2D eigenvalue weighted by Gasteiger charge is -2.08. The first-order chi connectivity index (χ1) is 12.7. The fourth-order valence-corrected chi connectivity index (χ4v) is 3.13. The summed E-state index contributed by atoms with van der Waals surface area (Å²) in [6, 6.07) is 18.1. The molecular weight excluding hydrogens is 324 g/mol. The smallest absolute Gasteiger partial charge is 0.272 e. The topological polar surface area (TPSA) is 84.7 Å². The van der Waals surface area contributed by atoms with Crippen LogP contribution in [-0.2, 0) is 13.0 Å². The van der Waals surface area contributed by atoms with Crippen molar-refractivity contribution in [1.82, 2.24) is 15.2 Å². The summed E-state index contributed by atoms with van der Waals surface area (Å²) in [4.78, 5) is 16.4. The Labute approximate surface area is 150 Å². The number of nitrogens with two attached hydrogens (primary N) is 1. The van der Waals surface area contributed by atoms with Crippen LogP contribution in [0, 0.1) is 0 Å². The van der Waals surface area contributed by atoms with Gasteiger partial charge in [-0.2, -0.15) is 5.10 Å². The summed E-state index contributed by atoms with van der Waals surface area (Å²) in [7, 11) is 0. The molecule has 4 rings (SSSR count). The number of benzene rings is 2. The van der Waals surface area contributed by atoms with E-state index in [9.17, 15) is 4.79 Å². The molecule has 26 heavy (non-hydrogen) atoms. The van der Waals surface area contributed by atoms with Gasteiger partial charge in [0, 0.05) is 29.9 Å². The predicted molar refractivity (Wildman–Crippen MR) is 103 cm³/mol. The molecule has 2 aromatic carbocycles. The van der Waals surface area contributed by atoms with Crippen LogP contribution in [0.5, 0.6) is 0 Å². The highest BCUT2D eigenvalue weighted by atomic mass is 16.1. The largest absolute Gasteiger partial charge is 0.325 e. The Balaban J connectivity index is 1.76. The van der Waals surface area contributed by atoms with Gasteiger partial charge in [-0.1, -0.05) is 36.4 Å². The van der Waals surface area contributed by atoms with E-state index in [2.05, 4.69) is 33.4 Å². The number of aromatic amines is 1. The highest BCUT2D eigenvalue weighted by Gasteiger charge is 2.08. The molecule has 0 radical (unpaired) electrons. The second-order valence-electron chi connectivity index (χ2n) is 6.21. The van der Waals surface area contributed by atoms with Gasteiger partial charge >= 0.3 is 0 Å². The van der Waals surface area contributed by atoms with Crippen LogP contribution >= 0.6 is 0 Å². The zero-order chi connectivity index (χ0) is 17.9. The van der Waals surface area contributed by atoms with E-state index in [1.807, 2.05) is 48.8 Å². The Morgan fingerprint density at radius 3 is 2.54 bits per heavy atom. The number of nitrogens with zero attached hydrogens (tertiary/aromatic N) is 2. The average Bonchev–Trinajstić information content (AvgIpc) is 2.69. The first-order valence-corrected chi connectivity index (χ1v) is 8.44. The van der Waals surface area contributed by atoms with E-state index in [0.29, 0.717) is 11.1 Å². The maximum atomic E-state index is 12.0. The standard InChI is InChI=1S/C21H18N4O/c22-11-20-19-10-16(6-7-18(19)21(26)25-24-20)17-9-15(12-23-13-17)8-14-4-2-1-3-5-14/h1-7,9-10,12-13H,8,11,22H2,(H,25,26). The molecular formula is C21H18N4O. The van der Waals surface area contributed by atoms with Gasteiger partial charge in [-0.15, -0.1) is 0 Å². The number of hydrogen-bond donors (Lipinski definition) is 2. The summed E-state index contributed by atoms with van der Waals surface area (Å²) in [5.74, 6) is 0. The molecule has 3 N–H and O–H groups in total. The van der Waals surface area contributed by atoms with E-state index in [1.165, 1.54) is 5.56 Å². The second kappa shape index (κ2) is 6.90. The molecule has 0 atom stereocenters. The van der Waals surface area contributed by atoms with Crippen LogP contribution in [0.2, 0.25) is 0 Å². The summed E-state index contributed by atoms with van der Waals surface area (Å²) in [5.41, 5.74) is 10.6. The number of nitrogens with one attached hydrogen (secondary N) is 1. The van der Waals surface area contributed by atoms with Gasteiger partial charge in [-0.25, -0.2) is 5.10 Å². The zero-order valence-electron chi connectivity index (χ0n) is 14.1. The third-order valence-corrected chi connectivity index (χ3v) is 4.44. The summed E-state index contributed by atoms with van der Waals surface area (Å²) in [5, 5.41) is 7.92. The van der Waals surface area contributed by atoms with Crippen molar-refractivity contribution in [2.75, 3.05) is 0 Å². The Hall–Kier alpha value is -3.31. The fraction of sp³-hybridized carbons (Fsp3) is 0.0952.